The molecule has 34 heavy (non-hydrogen) atoms. The van der Waals surface area contributed by atoms with Gasteiger partial charge < -0.3 is 14.8 Å². The first-order valence-corrected chi connectivity index (χ1v) is 10.6. The summed E-state index contributed by atoms with van der Waals surface area (Å²) >= 11 is 0. The average Bonchev–Trinajstić information content (AvgIpc) is 2.86. The third-order valence-corrected chi connectivity index (χ3v) is 5.29. The van der Waals surface area contributed by atoms with Crippen LogP contribution in [0, 0.1) is 5.82 Å². The Hall–Kier alpha value is -4.27. The lowest BCUT2D eigenvalue weighted by Crippen LogP contribution is -2.51. The van der Waals surface area contributed by atoms with E-state index in [9.17, 15) is 18.8 Å². The Kier molecular flexibility index (Phi) is 6.82. The van der Waals surface area contributed by atoms with Gasteiger partial charge in [-0.05, 0) is 49.4 Å². The molecule has 0 radical (unpaired) electrons. The number of nitrogens with zero attached hydrogens (tertiary/aromatic N) is 2. The van der Waals surface area contributed by atoms with Gasteiger partial charge in [-0.3, -0.25) is 24.3 Å². The summed E-state index contributed by atoms with van der Waals surface area (Å²) in [7, 11) is 0. The number of benzene rings is 2. The first kappa shape index (κ1) is 22.9. The molecule has 1 aliphatic heterocycles. The van der Waals surface area contributed by atoms with Crippen molar-refractivity contribution in [3.63, 3.8) is 0 Å². The topological polar surface area (TPSA) is 97.8 Å². The summed E-state index contributed by atoms with van der Waals surface area (Å²) in [6, 6.07) is 14.9. The van der Waals surface area contributed by atoms with Crippen LogP contribution in [-0.2, 0) is 16.1 Å². The molecule has 174 valence electrons. The van der Waals surface area contributed by atoms with Crippen molar-refractivity contribution in [2.24, 2.45) is 0 Å². The summed E-state index contributed by atoms with van der Waals surface area (Å²) < 4.78 is 24.5. The first-order valence-electron chi connectivity index (χ1n) is 10.6. The molecule has 0 fully saturated rings. The molecule has 2 aromatic carbocycles. The fourth-order valence-corrected chi connectivity index (χ4v) is 3.50. The summed E-state index contributed by atoms with van der Waals surface area (Å²) in [5.41, 5.74) is 1.22. The van der Waals surface area contributed by atoms with Crippen molar-refractivity contribution >= 4 is 23.3 Å². The SMILES string of the molecule is C[C@@H](C(=O)NCc1ccccn1)N1C(=O)COc2ccc(C(=O)COc3ccccc3F)cc21. The van der Waals surface area contributed by atoms with Gasteiger partial charge in [0.2, 0.25) is 5.91 Å². The van der Waals surface area contributed by atoms with Crippen molar-refractivity contribution in [2.75, 3.05) is 18.1 Å². The molecule has 1 aromatic heterocycles. The lowest BCUT2D eigenvalue weighted by atomic mass is 10.1. The summed E-state index contributed by atoms with van der Waals surface area (Å²) in [6.45, 7) is 1.18. The van der Waals surface area contributed by atoms with Gasteiger partial charge in [0, 0.05) is 11.8 Å². The number of fused-ring (bicyclic) bond motifs is 1. The Labute approximate surface area is 195 Å². The molecular weight excluding hydrogens is 441 g/mol. The standard InChI is InChI=1S/C25H22FN3O5/c1-16(25(32)28-13-18-6-4-5-11-27-18)29-20-12-17(9-10-23(20)34-15-24(29)31)21(30)14-33-22-8-3-2-7-19(22)26/h2-12,16H,13-15H2,1H3,(H,28,32)/t16-/m0/s1. The zero-order chi connectivity index (χ0) is 24.1. The van der Waals surface area contributed by atoms with Gasteiger partial charge in [-0.15, -0.1) is 0 Å². The van der Waals surface area contributed by atoms with E-state index in [0.29, 0.717) is 17.1 Å². The Morgan fingerprint density at radius 1 is 1.18 bits per heavy atom. The number of ketones is 1. The second-order valence-electron chi connectivity index (χ2n) is 7.59. The maximum atomic E-state index is 13.8. The highest BCUT2D eigenvalue weighted by Crippen LogP contribution is 2.34. The fourth-order valence-electron chi connectivity index (χ4n) is 3.50. The van der Waals surface area contributed by atoms with E-state index in [1.165, 1.54) is 35.2 Å². The Bertz CT molecular complexity index is 1220. The monoisotopic (exact) mass is 463 g/mol. The molecule has 0 saturated carbocycles. The maximum Gasteiger partial charge on any atom is 0.265 e. The van der Waals surface area contributed by atoms with Gasteiger partial charge in [-0.2, -0.15) is 0 Å². The number of carbonyl (C=O) groups is 3. The van der Waals surface area contributed by atoms with Crippen molar-refractivity contribution in [3.05, 3.63) is 83.9 Å². The Balaban J connectivity index is 1.49. The van der Waals surface area contributed by atoms with Gasteiger partial charge in [0.15, 0.2) is 30.6 Å². The van der Waals surface area contributed by atoms with E-state index in [4.69, 9.17) is 9.47 Å². The van der Waals surface area contributed by atoms with Gasteiger partial charge in [0.05, 0.1) is 17.9 Å². The van der Waals surface area contributed by atoms with Gasteiger partial charge >= 0.3 is 0 Å². The number of aromatic nitrogens is 1. The third-order valence-electron chi connectivity index (χ3n) is 5.29. The second kappa shape index (κ2) is 10.1. The molecule has 0 unspecified atom stereocenters. The van der Waals surface area contributed by atoms with Crippen molar-refractivity contribution in [1.82, 2.24) is 10.3 Å². The van der Waals surface area contributed by atoms with Crippen LogP contribution in [0.2, 0.25) is 0 Å². The van der Waals surface area contributed by atoms with Gasteiger partial charge in [-0.25, -0.2) is 4.39 Å². The first-order chi connectivity index (χ1) is 16.4. The zero-order valence-electron chi connectivity index (χ0n) is 18.4. The van der Waals surface area contributed by atoms with Crippen LogP contribution in [0.1, 0.15) is 23.0 Å². The van der Waals surface area contributed by atoms with Crippen LogP contribution in [0.15, 0.2) is 66.9 Å². The molecule has 0 spiro atoms. The molecule has 9 heteroatoms. The van der Waals surface area contributed by atoms with E-state index >= 15 is 0 Å². The van der Waals surface area contributed by atoms with Crippen molar-refractivity contribution in [1.29, 1.82) is 0 Å². The average molecular weight is 463 g/mol. The number of amides is 2. The molecular formula is C25H22FN3O5. The quantitative estimate of drug-likeness (QED) is 0.516. The van der Waals surface area contributed by atoms with Crippen molar-refractivity contribution in [3.8, 4) is 11.5 Å². The summed E-state index contributed by atoms with van der Waals surface area (Å²) in [5, 5.41) is 2.77. The Morgan fingerprint density at radius 3 is 2.74 bits per heavy atom. The second-order valence-corrected chi connectivity index (χ2v) is 7.59. The van der Waals surface area contributed by atoms with Crippen LogP contribution in [0.3, 0.4) is 0 Å². The highest BCUT2D eigenvalue weighted by molar-refractivity contribution is 6.05. The molecule has 1 atom stereocenters. The minimum atomic E-state index is -0.862. The van der Waals surface area contributed by atoms with Crippen LogP contribution in [0.5, 0.6) is 11.5 Å². The number of para-hydroxylation sites is 1. The minimum absolute atomic E-state index is 0.0350. The predicted molar refractivity (Wildman–Crippen MR) is 121 cm³/mol. The number of hydrogen-bond donors (Lipinski definition) is 1. The molecule has 0 aliphatic carbocycles. The van der Waals surface area contributed by atoms with Crippen LogP contribution < -0.4 is 19.7 Å². The van der Waals surface area contributed by atoms with E-state index in [0.717, 1.165) is 0 Å². The highest BCUT2D eigenvalue weighted by atomic mass is 19.1. The summed E-state index contributed by atoms with van der Waals surface area (Å²) in [6.07, 6.45) is 1.63. The molecule has 2 heterocycles. The molecule has 3 aromatic rings. The fraction of sp³-hybridized carbons (Fsp3) is 0.200. The van der Waals surface area contributed by atoms with Gasteiger partial charge in [0.25, 0.3) is 5.91 Å². The molecule has 0 saturated heterocycles. The molecule has 4 rings (SSSR count). The maximum absolute atomic E-state index is 13.8. The van der Waals surface area contributed by atoms with Crippen molar-refractivity contribution < 1.29 is 28.2 Å². The Morgan fingerprint density at radius 2 is 1.97 bits per heavy atom. The molecule has 0 bridgehead atoms. The minimum Gasteiger partial charge on any atom is -0.482 e. The van der Waals surface area contributed by atoms with Crippen molar-refractivity contribution in [2.45, 2.75) is 19.5 Å². The molecule has 1 aliphatic rings. The number of ether oxygens (including phenoxy) is 2. The smallest absolute Gasteiger partial charge is 0.265 e. The zero-order valence-corrected chi connectivity index (χ0v) is 18.4. The van der Waals surface area contributed by atoms with E-state index in [1.807, 2.05) is 6.07 Å². The van der Waals surface area contributed by atoms with E-state index in [-0.39, 0.29) is 30.4 Å². The van der Waals surface area contributed by atoms with E-state index in [2.05, 4.69) is 10.3 Å². The molecule has 2 amide bonds. The number of nitrogens with one attached hydrogen (secondary N) is 1. The van der Waals surface area contributed by atoms with Gasteiger partial charge in [-0.1, -0.05) is 18.2 Å². The van der Waals surface area contributed by atoms with Crippen LogP contribution in [-0.4, -0.2) is 41.8 Å². The summed E-state index contributed by atoms with van der Waals surface area (Å²) in [5.74, 6) is -1.46. The number of carbonyl (C=O) groups excluding carboxylic acids is 3. The molecule has 1 N–H and O–H groups in total. The van der Waals surface area contributed by atoms with Crippen LogP contribution in [0.4, 0.5) is 10.1 Å². The number of pyridine rings is 1. The number of Topliss-reactive ketones (excluding diaryl/α,β-unsaturated/α-hetero) is 1. The number of rotatable bonds is 8. The number of anilines is 1. The lowest BCUT2D eigenvalue weighted by Gasteiger charge is -2.33. The van der Waals surface area contributed by atoms with Gasteiger partial charge in [0.1, 0.15) is 11.8 Å². The number of hydrogen-bond acceptors (Lipinski definition) is 6. The number of halogens is 1. The van der Waals surface area contributed by atoms with E-state index < -0.39 is 30.2 Å². The lowest BCUT2D eigenvalue weighted by molar-refractivity contribution is -0.127. The predicted octanol–water partition coefficient (Wildman–Crippen LogP) is 2.91. The van der Waals surface area contributed by atoms with E-state index in [1.54, 1.807) is 37.4 Å². The van der Waals surface area contributed by atoms with Crippen LogP contribution >= 0.6 is 0 Å². The highest BCUT2D eigenvalue weighted by Gasteiger charge is 2.33. The van der Waals surface area contributed by atoms with Crippen LogP contribution in [0.25, 0.3) is 0 Å². The normalized spacial score (nSPS) is 13.5. The molecule has 8 nitrogen and oxygen atoms in total. The third kappa shape index (κ3) is 5.03. The summed E-state index contributed by atoms with van der Waals surface area (Å²) in [4.78, 5) is 43.6. The largest absolute Gasteiger partial charge is 0.482 e.